The molecular weight excluding hydrogens is 402 g/mol. The van der Waals surface area contributed by atoms with Crippen LogP contribution in [-0.4, -0.2) is 30.2 Å². The van der Waals surface area contributed by atoms with Crippen molar-refractivity contribution < 1.29 is 19.0 Å². The lowest BCUT2D eigenvalue weighted by atomic mass is 10.2. The summed E-state index contributed by atoms with van der Waals surface area (Å²) in [5, 5.41) is 3.63. The van der Waals surface area contributed by atoms with E-state index in [1.54, 1.807) is 12.1 Å². The molecular formula is C22H23N3O4S. The van der Waals surface area contributed by atoms with Gasteiger partial charge in [0, 0.05) is 17.6 Å². The number of carbonyl (C=O) groups is 1. The lowest BCUT2D eigenvalue weighted by Gasteiger charge is -2.12. The van der Waals surface area contributed by atoms with Gasteiger partial charge in [-0.15, -0.1) is 11.3 Å². The van der Waals surface area contributed by atoms with E-state index in [0.29, 0.717) is 24.6 Å². The molecule has 1 amide bonds. The van der Waals surface area contributed by atoms with E-state index < -0.39 is 0 Å². The van der Waals surface area contributed by atoms with Crippen LogP contribution in [0.15, 0.2) is 54.6 Å². The number of nitrogens with two attached hydrogens (primary N) is 1. The van der Waals surface area contributed by atoms with Crippen molar-refractivity contribution in [3.8, 4) is 16.7 Å². The Bertz CT molecular complexity index is 987. The normalized spacial score (nSPS) is 15.7. The highest BCUT2D eigenvalue weighted by Gasteiger charge is 2.17. The maximum absolute atomic E-state index is 12.5. The number of carbonyl (C=O) groups excluding carboxylic acids is 1. The number of para-hydroxylation sites is 1. The van der Waals surface area contributed by atoms with E-state index >= 15 is 0 Å². The molecule has 0 spiro atoms. The van der Waals surface area contributed by atoms with Crippen LogP contribution in [0, 0.1) is 0 Å². The molecule has 3 N–H and O–H groups in total. The predicted molar refractivity (Wildman–Crippen MR) is 115 cm³/mol. The van der Waals surface area contributed by atoms with Crippen molar-refractivity contribution in [3.63, 3.8) is 0 Å². The van der Waals surface area contributed by atoms with Gasteiger partial charge in [-0.25, -0.2) is 0 Å². The summed E-state index contributed by atoms with van der Waals surface area (Å²) in [6, 6.07) is 16.6. The molecule has 1 aromatic carbocycles. The van der Waals surface area contributed by atoms with Crippen molar-refractivity contribution in [2.45, 2.75) is 25.5 Å². The molecule has 3 heterocycles. The second-order valence-corrected chi connectivity index (χ2v) is 7.98. The van der Waals surface area contributed by atoms with Crippen LogP contribution < -0.4 is 20.5 Å². The molecule has 4 rings (SSSR count). The molecule has 2 aromatic heterocycles. The van der Waals surface area contributed by atoms with Crippen LogP contribution in [0.2, 0.25) is 0 Å². The summed E-state index contributed by atoms with van der Waals surface area (Å²) in [5.74, 6) is 1.01. The van der Waals surface area contributed by atoms with E-state index in [2.05, 4.69) is 10.3 Å². The summed E-state index contributed by atoms with van der Waals surface area (Å²) in [6.45, 7) is 1.58. The van der Waals surface area contributed by atoms with E-state index in [-0.39, 0.29) is 17.8 Å². The molecule has 1 saturated heterocycles. The van der Waals surface area contributed by atoms with Crippen molar-refractivity contribution in [2.75, 3.05) is 18.9 Å². The van der Waals surface area contributed by atoms with Crippen LogP contribution in [0.25, 0.3) is 0 Å². The summed E-state index contributed by atoms with van der Waals surface area (Å²) < 4.78 is 16.9. The first kappa shape index (κ1) is 20.2. The van der Waals surface area contributed by atoms with Gasteiger partial charge < -0.3 is 25.3 Å². The first-order valence-electron chi connectivity index (χ1n) is 9.78. The van der Waals surface area contributed by atoms with Gasteiger partial charge in [0.25, 0.3) is 5.91 Å². The lowest BCUT2D eigenvalue weighted by Crippen LogP contribution is -2.24. The molecule has 1 aliphatic heterocycles. The largest absolute Gasteiger partial charge is 0.475 e. The van der Waals surface area contributed by atoms with Crippen molar-refractivity contribution in [1.29, 1.82) is 0 Å². The second kappa shape index (κ2) is 9.60. The maximum Gasteiger partial charge on any atom is 0.255 e. The predicted octanol–water partition coefficient (Wildman–Crippen LogP) is 4.01. The highest BCUT2D eigenvalue weighted by molar-refractivity contribution is 7.13. The number of amides is 1. The molecule has 0 aliphatic carbocycles. The molecule has 1 atom stereocenters. The minimum atomic E-state index is -0.287. The molecule has 30 heavy (non-hydrogen) atoms. The topological polar surface area (TPSA) is 95.7 Å². The first-order chi connectivity index (χ1) is 14.7. The molecule has 8 heteroatoms. The summed E-state index contributed by atoms with van der Waals surface area (Å²) >= 11 is 1.47. The zero-order chi connectivity index (χ0) is 20.8. The van der Waals surface area contributed by atoms with Crippen molar-refractivity contribution >= 4 is 23.1 Å². The average Bonchev–Trinajstić information content (AvgIpc) is 3.43. The smallest absolute Gasteiger partial charge is 0.255 e. The van der Waals surface area contributed by atoms with E-state index in [0.717, 1.165) is 35.1 Å². The third-order valence-electron chi connectivity index (χ3n) is 4.61. The number of thiophene rings is 1. The van der Waals surface area contributed by atoms with Gasteiger partial charge in [0.15, 0.2) is 5.06 Å². The van der Waals surface area contributed by atoms with E-state index in [1.165, 1.54) is 11.3 Å². The van der Waals surface area contributed by atoms with Crippen LogP contribution >= 0.6 is 11.3 Å². The fraction of sp³-hybridized carbons (Fsp3) is 0.273. The summed E-state index contributed by atoms with van der Waals surface area (Å²) in [6.07, 6.45) is 2.13. The Morgan fingerprint density at radius 1 is 1.20 bits per heavy atom. The van der Waals surface area contributed by atoms with Crippen LogP contribution in [0.5, 0.6) is 16.7 Å². The minimum Gasteiger partial charge on any atom is -0.475 e. The number of nitrogen functional groups attached to an aromatic ring is 1. The Hall–Kier alpha value is -3.10. The van der Waals surface area contributed by atoms with Crippen molar-refractivity contribution in [3.05, 3.63) is 65.0 Å². The van der Waals surface area contributed by atoms with E-state index in [4.69, 9.17) is 19.9 Å². The first-order valence-corrected chi connectivity index (χ1v) is 10.6. The monoisotopic (exact) mass is 425 g/mol. The maximum atomic E-state index is 12.5. The van der Waals surface area contributed by atoms with Crippen LogP contribution in [0.3, 0.4) is 0 Å². The quantitative estimate of drug-likeness (QED) is 0.566. The van der Waals surface area contributed by atoms with Crippen LogP contribution in [-0.2, 0) is 11.3 Å². The number of rotatable bonds is 8. The standard InChI is InChI=1S/C22H23N3O4S/c23-21-18(9-10-19(25-21)28-14-16-7-4-12-27-16)22(26)24-13-17-8-11-20(30-17)29-15-5-2-1-3-6-15/h1-3,5-6,8-11,16H,4,7,12-14H2,(H2,23,25)(H,24,26). The van der Waals surface area contributed by atoms with Crippen molar-refractivity contribution in [2.24, 2.45) is 0 Å². The second-order valence-electron chi connectivity index (χ2n) is 6.85. The van der Waals surface area contributed by atoms with Gasteiger partial charge >= 0.3 is 0 Å². The molecule has 1 aliphatic rings. The Morgan fingerprint density at radius 2 is 2.07 bits per heavy atom. The Morgan fingerprint density at radius 3 is 2.83 bits per heavy atom. The third-order valence-corrected chi connectivity index (χ3v) is 5.57. The Labute approximate surface area is 178 Å². The number of ether oxygens (including phenoxy) is 3. The minimum absolute atomic E-state index is 0.0950. The van der Waals surface area contributed by atoms with Gasteiger partial charge in [0.2, 0.25) is 5.88 Å². The molecule has 0 radical (unpaired) electrons. The molecule has 7 nitrogen and oxygen atoms in total. The van der Waals surface area contributed by atoms with Gasteiger partial charge in [-0.2, -0.15) is 4.98 Å². The van der Waals surface area contributed by atoms with Crippen LogP contribution in [0.4, 0.5) is 5.82 Å². The van der Waals surface area contributed by atoms with Gasteiger partial charge in [0.1, 0.15) is 18.2 Å². The van der Waals surface area contributed by atoms with Gasteiger partial charge in [-0.3, -0.25) is 4.79 Å². The fourth-order valence-electron chi connectivity index (χ4n) is 3.06. The molecule has 1 fully saturated rings. The molecule has 0 saturated carbocycles. The lowest BCUT2D eigenvalue weighted by molar-refractivity contribution is 0.0663. The van der Waals surface area contributed by atoms with Gasteiger partial charge in [-0.05, 0) is 43.2 Å². The fourth-order valence-corrected chi connectivity index (χ4v) is 3.87. The SMILES string of the molecule is Nc1nc(OCC2CCCO2)ccc1C(=O)NCc1ccc(Oc2ccccc2)s1. The number of benzene rings is 1. The molecule has 156 valence electrons. The van der Waals surface area contributed by atoms with Gasteiger partial charge in [-0.1, -0.05) is 18.2 Å². The Balaban J connectivity index is 1.29. The zero-order valence-electron chi connectivity index (χ0n) is 16.4. The number of hydrogen-bond donors (Lipinski definition) is 2. The Kier molecular flexibility index (Phi) is 6.46. The number of nitrogens with one attached hydrogen (secondary N) is 1. The van der Waals surface area contributed by atoms with E-state index in [9.17, 15) is 4.79 Å². The number of nitrogens with zero attached hydrogens (tertiary/aromatic N) is 1. The highest BCUT2D eigenvalue weighted by Crippen LogP contribution is 2.29. The van der Waals surface area contributed by atoms with Gasteiger partial charge in [0.05, 0.1) is 18.2 Å². The average molecular weight is 426 g/mol. The highest BCUT2D eigenvalue weighted by atomic mass is 32.1. The summed E-state index contributed by atoms with van der Waals surface area (Å²) in [4.78, 5) is 17.6. The summed E-state index contributed by atoms with van der Waals surface area (Å²) in [7, 11) is 0. The summed E-state index contributed by atoms with van der Waals surface area (Å²) in [5.41, 5.74) is 6.28. The number of anilines is 1. The number of pyridine rings is 1. The van der Waals surface area contributed by atoms with Crippen LogP contribution in [0.1, 0.15) is 28.1 Å². The van der Waals surface area contributed by atoms with E-state index in [1.807, 2.05) is 42.5 Å². The number of aromatic nitrogens is 1. The van der Waals surface area contributed by atoms with Crippen molar-refractivity contribution in [1.82, 2.24) is 10.3 Å². The molecule has 3 aromatic rings. The third kappa shape index (κ3) is 5.28. The zero-order valence-corrected chi connectivity index (χ0v) is 17.2. The number of hydrogen-bond acceptors (Lipinski definition) is 7. The molecule has 0 bridgehead atoms. The molecule has 1 unspecified atom stereocenters.